The molecule has 6 aromatic rings. The van der Waals surface area contributed by atoms with E-state index in [9.17, 15) is 9.59 Å². The van der Waals surface area contributed by atoms with Crippen LogP contribution in [0.1, 0.15) is 11.1 Å². The van der Waals surface area contributed by atoms with E-state index in [0.717, 1.165) is 28.5 Å². The first-order valence-corrected chi connectivity index (χ1v) is 14.9. The number of thioether (sulfide) groups is 1. The Morgan fingerprint density at radius 2 is 1.34 bits per heavy atom. The van der Waals surface area contributed by atoms with Gasteiger partial charge in [0.25, 0.3) is 5.91 Å². The molecule has 218 valence electrons. The van der Waals surface area contributed by atoms with Crippen LogP contribution in [0, 0.1) is 0 Å². The number of benzene rings is 3. The van der Waals surface area contributed by atoms with E-state index in [2.05, 4.69) is 15.2 Å². The standard InChI is InChI=1S/C32H22N4O6S2/c1-39-20-10-4-17(5-11-20)16-23-28(37)33-29(43-23)25-24(18-6-12-21(40-2)13-7-18)26-30(42-31(25)38)36-27(34-35-32(36)44-26)19-8-14-22(41-3)15-9-19/h4-16H,1-3H3/b23-16+. The summed E-state index contributed by atoms with van der Waals surface area (Å²) >= 11 is 2.46. The minimum atomic E-state index is -0.637. The van der Waals surface area contributed by atoms with E-state index < -0.39 is 11.5 Å². The van der Waals surface area contributed by atoms with Crippen LogP contribution in [0.4, 0.5) is 0 Å². The van der Waals surface area contributed by atoms with Gasteiger partial charge < -0.3 is 18.6 Å². The summed E-state index contributed by atoms with van der Waals surface area (Å²) in [7, 11) is 4.78. The maximum Gasteiger partial charge on any atom is 0.348 e. The average molecular weight is 623 g/mol. The number of hydrogen-bond acceptors (Lipinski definition) is 10. The number of rotatable bonds is 7. The molecule has 10 nitrogen and oxygen atoms in total. The molecule has 0 unspecified atom stereocenters. The number of aliphatic imine (C=N–C) groups is 1. The number of hydrogen-bond donors (Lipinski definition) is 0. The van der Waals surface area contributed by atoms with E-state index in [1.807, 2.05) is 72.8 Å². The Morgan fingerprint density at radius 3 is 1.95 bits per heavy atom. The van der Waals surface area contributed by atoms with Gasteiger partial charge in [-0.3, -0.25) is 4.79 Å². The van der Waals surface area contributed by atoms with Gasteiger partial charge in [0, 0.05) is 11.1 Å². The van der Waals surface area contributed by atoms with E-state index in [0.29, 0.717) is 48.9 Å². The minimum Gasteiger partial charge on any atom is -0.497 e. The van der Waals surface area contributed by atoms with Gasteiger partial charge in [-0.25, -0.2) is 14.2 Å². The summed E-state index contributed by atoms with van der Waals surface area (Å²) in [6, 6.07) is 22.0. The van der Waals surface area contributed by atoms with Gasteiger partial charge in [0.1, 0.15) is 32.6 Å². The second-order valence-corrected chi connectivity index (χ2v) is 11.6. The van der Waals surface area contributed by atoms with Crippen molar-refractivity contribution in [1.29, 1.82) is 0 Å². The van der Waals surface area contributed by atoms with Crippen LogP contribution in [-0.4, -0.2) is 46.9 Å². The van der Waals surface area contributed by atoms with Gasteiger partial charge in [0.2, 0.25) is 10.7 Å². The van der Waals surface area contributed by atoms with Crippen molar-refractivity contribution in [3.63, 3.8) is 0 Å². The molecular weight excluding hydrogens is 601 g/mol. The first-order chi connectivity index (χ1) is 21.5. The van der Waals surface area contributed by atoms with Gasteiger partial charge in [0.05, 0.1) is 26.2 Å². The summed E-state index contributed by atoms with van der Waals surface area (Å²) in [5, 5.41) is 9.02. The van der Waals surface area contributed by atoms with Crippen molar-refractivity contribution in [2.45, 2.75) is 0 Å². The molecule has 0 atom stereocenters. The Labute approximate surface area is 258 Å². The van der Waals surface area contributed by atoms with Gasteiger partial charge in [-0.2, -0.15) is 0 Å². The predicted molar refractivity (Wildman–Crippen MR) is 171 cm³/mol. The van der Waals surface area contributed by atoms with Gasteiger partial charge >= 0.3 is 5.63 Å². The zero-order chi connectivity index (χ0) is 30.4. The van der Waals surface area contributed by atoms with Crippen LogP contribution in [0.25, 0.3) is 44.0 Å². The van der Waals surface area contributed by atoms with Gasteiger partial charge in [-0.05, 0) is 65.7 Å². The first kappa shape index (κ1) is 27.6. The number of methoxy groups -OCH3 is 3. The van der Waals surface area contributed by atoms with Crippen molar-refractivity contribution in [2.24, 2.45) is 4.99 Å². The molecule has 1 aliphatic rings. The highest BCUT2D eigenvalue weighted by Gasteiger charge is 2.31. The van der Waals surface area contributed by atoms with Crippen molar-refractivity contribution in [3.8, 4) is 39.8 Å². The van der Waals surface area contributed by atoms with Crippen molar-refractivity contribution in [2.75, 3.05) is 21.3 Å². The van der Waals surface area contributed by atoms with Crippen LogP contribution in [0.5, 0.6) is 17.2 Å². The number of thiazole rings is 1. The zero-order valence-electron chi connectivity index (χ0n) is 23.6. The van der Waals surface area contributed by atoms with E-state index in [-0.39, 0.29) is 10.6 Å². The lowest BCUT2D eigenvalue weighted by Crippen LogP contribution is -2.14. The van der Waals surface area contributed by atoms with Crippen molar-refractivity contribution >= 4 is 55.5 Å². The summed E-state index contributed by atoms with van der Waals surface area (Å²) in [4.78, 5) is 32.2. The van der Waals surface area contributed by atoms with Gasteiger partial charge in [-0.1, -0.05) is 47.4 Å². The average Bonchev–Trinajstić information content (AvgIpc) is 3.74. The number of carbonyl (C=O) groups excluding carboxylic acids is 1. The monoisotopic (exact) mass is 622 g/mol. The molecule has 0 bridgehead atoms. The molecular formula is C32H22N4O6S2. The predicted octanol–water partition coefficient (Wildman–Crippen LogP) is 6.32. The maximum absolute atomic E-state index is 13.9. The third-order valence-electron chi connectivity index (χ3n) is 7.07. The molecule has 0 saturated heterocycles. The molecule has 0 N–H and O–H groups in total. The summed E-state index contributed by atoms with van der Waals surface area (Å²) in [5.41, 5.74) is 2.73. The fourth-order valence-corrected chi connectivity index (χ4v) is 6.90. The van der Waals surface area contributed by atoms with Gasteiger partial charge in [0.15, 0.2) is 5.82 Å². The van der Waals surface area contributed by atoms with E-state index in [4.69, 9.17) is 18.6 Å². The topological polar surface area (TPSA) is 118 Å². The molecule has 0 radical (unpaired) electrons. The van der Waals surface area contributed by atoms with E-state index >= 15 is 0 Å². The zero-order valence-corrected chi connectivity index (χ0v) is 25.2. The summed E-state index contributed by atoms with van der Waals surface area (Å²) in [6.07, 6.45) is 1.74. The highest BCUT2D eigenvalue weighted by Crippen LogP contribution is 2.41. The number of ether oxygens (including phenoxy) is 3. The molecule has 7 rings (SSSR count). The fraction of sp³-hybridized carbons (Fsp3) is 0.0938. The lowest BCUT2D eigenvalue weighted by molar-refractivity contribution is -0.113. The molecule has 44 heavy (non-hydrogen) atoms. The fourth-order valence-electron chi connectivity index (χ4n) is 4.88. The maximum atomic E-state index is 13.9. The molecule has 0 aliphatic carbocycles. The molecule has 0 fully saturated rings. The summed E-state index contributed by atoms with van der Waals surface area (Å²) < 4.78 is 24.3. The number of nitrogens with zero attached hydrogens (tertiary/aromatic N) is 4. The molecule has 1 aliphatic heterocycles. The van der Waals surface area contributed by atoms with Crippen molar-refractivity contribution in [1.82, 2.24) is 14.6 Å². The van der Waals surface area contributed by atoms with Crippen LogP contribution < -0.4 is 19.8 Å². The minimum absolute atomic E-state index is 0.197. The lowest BCUT2D eigenvalue weighted by atomic mass is 10.0. The largest absolute Gasteiger partial charge is 0.497 e. The highest BCUT2D eigenvalue weighted by atomic mass is 32.2. The number of fused-ring (bicyclic) bond motifs is 3. The molecule has 3 aromatic carbocycles. The molecule has 3 aromatic heterocycles. The van der Waals surface area contributed by atoms with Crippen LogP contribution in [0.3, 0.4) is 0 Å². The van der Waals surface area contributed by atoms with Crippen LogP contribution in [-0.2, 0) is 4.79 Å². The normalized spacial score (nSPS) is 14.0. The van der Waals surface area contributed by atoms with E-state index in [1.54, 1.807) is 31.8 Å². The molecule has 1 amide bonds. The molecule has 4 heterocycles. The molecule has 0 spiro atoms. The van der Waals surface area contributed by atoms with Crippen LogP contribution in [0.15, 0.2) is 91.9 Å². The molecule has 12 heteroatoms. The quantitative estimate of drug-likeness (QED) is 0.189. The molecule has 0 saturated carbocycles. The Kier molecular flexibility index (Phi) is 6.99. The number of amides is 1. The Bertz CT molecular complexity index is 2180. The summed E-state index contributed by atoms with van der Waals surface area (Å²) in [5.74, 6) is 2.14. The highest BCUT2D eigenvalue weighted by molar-refractivity contribution is 8.19. The Hall–Kier alpha value is -5.20. The first-order valence-electron chi connectivity index (χ1n) is 13.3. The van der Waals surface area contributed by atoms with Gasteiger partial charge in [-0.15, -0.1) is 10.2 Å². The number of carbonyl (C=O) groups is 1. The van der Waals surface area contributed by atoms with Crippen molar-refractivity contribution in [3.05, 3.63) is 99.2 Å². The third kappa shape index (κ3) is 4.74. The Balaban J connectivity index is 1.40. The smallest absolute Gasteiger partial charge is 0.348 e. The Morgan fingerprint density at radius 1 is 0.750 bits per heavy atom. The third-order valence-corrected chi connectivity index (χ3v) is 9.10. The number of aromatic nitrogens is 3. The SMILES string of the molecule is COc1ccc(/C=C2/SC(c3c(-c4ccc(OC)cc4)c4sc5nnc(-c6ccc(OC)cc6)n5c4oc3=O)=NC2=O)cc1. The van der Waals surface area contributed by atoms with E-state index in [1.165, 1.54) is 11.3 Å². The van der Waals surface area contributed by atoms with Crippen molar-refractivity contribution < 1.29 is 23.4 Å². The second kappa shape index (κ2) is 11.1. The second-order valence-electron chi connectivity index (χ2n) is 9.58. The summed E-state index contributed by atoms with van der Waals surface area (Å²) in [6.45, 7) is 0. The van der Waals surface area contributed by atoms with Crippen LogP contribution in [0.2, 0.25) is 0 Å². The van der Waals surface area contributed by atoms with Crippen LogP contribution >= 0.6 is 23.1 Å². The lowest BCUT2D eigenvalue weighted by Gasteiger charge is -2.10.